The molecule has 0 unspecified atom stereocenters. The highest BCUT2D eigenvalue weighted by Crippen LogP contribution is 2.46. The van der Waals surface area contributed by atoms with Gasteiger partial charge < -0.3 is 10.6 Å². The zero-order valence-corrected chi connectivity index (χ0v) is 12.7. The third-order valence-corrected chi connectivity index (χ3v) is 5.13. The van der Waals surface area contributed by atoms with Gasteiger partial charge in [0.1, 0.15) is 0 Å². The molecule has 0 spiro atoms. The van der Waals surface area contributed by atoms with E-state index in [-0.39, 0.29) is 0 Å². The fourth-order valence-corrected chi connectivity index (χ4v) is 4.11. The SMILES string of the molecule is Nc1ccc2c(c1N1CCCC1)-c1ccccc1C=CS2. The number of hydrogen-bond donors (Lipinski definition) is 1. The number of nitrogens with zero attached hydrogens (tertiary/aromatic N) is 1. The third kappa shape index (κ3) is 2.12. The van der Waals surface area contributed by atoms with Crippen molar-refractivity contribution in [3.63, 3.8) is 0 Å². The summed E-state index contributed by atoms with van der Waals surface area (Å²) in [7, 11) is 0. The van der Waals surface area contributed by atoms with Crippen LogP contribution in [0.1, 0.15) is 18.4 Å². The predicted octanol–water partition coefficient (Wildman–Crippen LogP) is 4.61. The van der Waals surface area contributed by atoms with Crippen molar-refractivity contribution in [3.05, 3.63) is 47.4 Å². The van der Waals surface area contributed by atoms with Gasteiger partial charge in [-0.1, -0.05) is 36.0 Å². The molecule has 2 heterocycles. The normalized spacial score (nSPS) is 16.5. The van der Waals surface area contributed by atoms with E-state index in [1.165, 1.54) is 40.1 Å². The Balaban J connectivity index is 2.00. The molecule has 2 aliphatic heterocycles. The lowest BCUT2D eigenvalue weighted by atomic mass is 9.96. The van der Waals surface area contributed by atoms with Crippen molar-refractivity contribution in [2.45, 2.75) is 17.7 Å². The molecule has 0 radical (unpaired) electrons. The molecular weight excluding hydrogens is 276 g/mol. The quantitative estimate of drug-likeness (QED) is 0.779. The first-order valence-corrected chi connectivity index (χ1v) is 8.32. The Morgan fingerprint density at radius 1 is 1.00 bits per heavy atom. The molecule has 21 heavy (non-hydrogen) atoms. The molecule has 1 saturated heterocycles. The molecule has 2 N–H and O–H groups in total. The first-order valence-electron chi connectivity index (χ1n) is 7.44. The number of nitrogen functional groups attached to an aromatic ring is 1. The number of hydrogen-bond acceptors (Lipinski definition) is 3. The van der Waals surface area contributed by atoms with Crippen molar-refractivity contribution in [1.29, 1.82) is 0 Å². The third-order valence-electron chi connectivity index (χ3n) is 4.27. The van der Waals surface area contributed by atoms with Gasteiger partial charge in [0.15, 0.2) is 0 Å². The van der Waals surface area contributed by atoms with E-state index in [4.69, 9.17) is 5.73 Å². The molecule has 2 aromatic carbocycles. The second-order valence-electron chi connectivity index (χ2n) is 5.58. The summed E-state index contributed by atoms with van der Waals surface area (Å²) in [5.41, 5.74) is 12.4. The number of fused-ring (bicyclic) bond motifs is 3. The van der Waals surface area contributed by atoms with Crippen LogP contribution in [0.15, 0.2) is 46.7 Å². The van der Waals surface area contributed by atoms with Gasteiger partial charge in [-0.25, -0.2) is 0 Å². The Kier molecular flexibility index (Phi) is 3.15. The Morgan fingerprint density at radius 3 is 2.67 bits per heavy atom. The van der Waals surface area contributed by atoms with E-state index >= 15 is 0 Å². The molecule has 4 rings (SSSR count). The van der Waals surface area contributed by atoms with Crippen molar-refractivity contribution in [2.24, 2.45) is 0 Å². The summed E-state index contributed by atoms with van der Waals surface area (Å²) in [6.45, 7) is 2.22. The topological polar surface area (TPSA) is 29.3 Å². The summed E-state index contributed by atoms with van der Waals surface area (Å²) in [6, 6.07) is 12.8. The zero-order chi connectivity index (χ0) is 14.2. The number of anilines is 2. The molecular formula is C18H18N2S. The maximum Gasteiger partial charge on any atom is 0.0691 e. The highest BCUT2D eigenvalue weighted by atomic mass is 32.2. The Hall–Kier alpha value is -1.87. The first kappa shape index (κ1) is 12.8. The van der Waals surface area contributed by atoms with E-state index < -0.39 is 0 Å². The summed E-state index contributed by atoms with van der Waals surface area (Å²) in [6.07, 6.45) is 4.72. The van der Waals surface area contributed by atoms with Gasteiger partial charge in [-0.2, -0.15) is 0 Å². The fourth-order valence-electron chi connectivity index (χ4n) is 3.28. The summed E-state index contributed by atoms with van der Waals surface area (Å²) in [5.74, 6) is 0. The van der Waals surface area contributed by atoms with Gasteiger partial charge in [-0.15, -0.1) is 0 Å². The molecule has 0 amide bonds. The van der Waals surface area contributed by atoms with Crippen LogP contribution in [0.3, 0.4) is 0 Å². The minimum Gasteiger partial charge on any atom is -0.397 e. The molecule has 0 aromatic heterocycles. The van der Waals surface area contributed by atoms with Gasteiger partial charge in [0.05, 0.1) is 11.4 Å². The van der Waals surface area contributed by atoms with Crippen LogP contribution in [0.2, 0.25) is 0 Å². The highest BCUT2D eigenvalue weighted by molar-refractivity contribution is 8.02. The maximum absolute atomic E-state index is 6.36. The smallest absolute Gasteiger partial charge is 0.0691 e. The van der Waals surface area contributed by atoms with E-state index in [0.717, 1.165) is 18.8 Å². The van der Waals surface area contributed by atoms with Crippen LogP contribution >= 0.6 is 11.8 Å². The number of nitrogens with two attached hydrogens (primary N) is 1. The van der Waals surface area contributed by atoms with Crippen LogP contribution < -0.4 is 10.6 Å². The van der Waals surface area contributed by atoms with Crippen LogP contribution in [0, 0.1) is 0 Å². The van der Waals surface area contributed by atoms with Crippen molar-refractivity contribution in [1.82, 2.24) is 0 Å². The van der Waals surface area contributed by atoms with E-state index in [0.29, 0.717) is 0 Å². The largest absolute Gasteiger partial charge is 0.397 e. The van der Waals surface area contributed by atoms with Crippen molar-refractivity contribution < 1.29 is 0 Å². The molecule has 0 atom stereocenters. The summed E-state index contributed by atoms with van der Waals surface area (Å²) in [4.78, 5) is 3.75. The Morgan fingerprint density at radius 2 is 1.81 bits per heavy atom. The second-order valence-corrected chi connectivity index (χ2v) is 6.53. The monoisotopic (exact) mass is 294 g/mol. The van der Waals surface area contributed by atoms with Crippen LogP contribution in [-0.2, 0) is 0 Å². The van der Waals surface area contributed by atoms with E-state index in [1.54, 1.807) is 11.8 Å². The maximum atomic E-state index is 6.36. The van der Waals surface area contributed by atoms with E-state index in [2.05, 4.69) is 52.8 Å². The average molecular weight is 294 g/mol. The lowest BCUT2D eigenvalue weighted by Gasteiger charge is -2.25. The molecule has 2 nitrogen and oxygen atoms in total. The van der Waals surface area contributed by atoms with Crippen molar-refractivity contribution in [3.8, 4) is 11.1 Å². The predicted molar refractivity (Wildman–Crippen MR) is 92.6 cm³/mol. The van der Waals surface area contributed by atoms with Crippen LogP contribution in [0.25, 0.3) is 17.2 Å². The lowest BCUT2D eigenvalue weighted by molar-refractivity contribution is 0.949. The number of thioether (sulfide) groups is 1. The molecule has 0 aliphatic carbocycles. The van der Waals surface area contributed by atoms with Crippen molar-refractivity contribution in [2.75, 3.05) is 23.7 Å². The van der Waals surface area contributed by atoms with Crippen LogP contribution in [0.5, 0.6) is 0 Å². The molecule has 2 aliphatic rings. The minimum absolute atomic E-state index is 0.896. The van der Waals surface area contributed by atoms with Crippen molar-refractivity contribution >= 4 is 29.2 Å². The van der Waals surface area contributed by atoms with Crippen LogP contribution in [0.4, 0.5) is 11.4 Å². The molecule has 3 heteroatoms. The lowest BCUT2D eigenvalue weighted by Crippen LogP contribution is -2.20. The van der Waals surface area contributed by atoms with Gasteiger partial charge in [0.2, 0.25) is 0 Å². The number of benzene rings is 2. The zero-order valence-electron chi connectivity index (χ0n) is 11.9. The van der Waals surface area contributed by atoms with Gasteiger partial charge in [-0.3, -0.25) is 0 Å². The summed E-state index contributed by atoms with van der Waals surface area (Å²) < 4.78 is 0. The van der Waals surface area contributed by atoms with Gasteiger partial charge >= 0.3 is 0 Å². The Bertz CT molecular complexity index is 715. The molecule has 1 fully saturated rings. The summed E-state index contributed by atoms with van der Waals surface area (Å²) >= 11 is 1.78. The Labute approximate surface area is 129 Å². The molecule has 0 bridgehead atoms. The van der Waals surface area contributed by atoms with Gasteiger partial charge in [-0.05, 0) is 47.6 Å². The van der Waals surface area contributed by atoms with Gasteiger partial charge in [0, 0.05) is 23.5 Å². The molecule has 106 valence electrons. The summed E-state index contributed by atoms with van der Waals surface area (Å²) in [5, 5.41) is 2.18. The standard InChI is InChI=1S/C18H18N2S/c19-15-7-8-16-17(18(15)20-10-3-4-11-20)14-6-2-1-5-13(14)9-12-21-16/h1-2,5-9,12H,3-4,10-11,19H2. The second kappa shape index (κ2) is 5.15. The highest BCUT2D eigenvalue weighted by Gasteiger charge is 2.23. The fraction of sp³-hybridized carbons (Fsp3) is 0.222. The average Bonchev–Trinajstić information content (AvgIpc) is 2.96. The van der Waals surface area contributed by atoms with Crippen LogP contribution in [-0.4, -0.2) is 13.1 Å². The van der Waals surface area contributed by atoms with E-state index in [9.17, 15) is 0 Å². The van der Waals surface area contributed by atoms with Gasteiger partial charge in [0.25, 0.3) is 0 Å². The molecule has 0 saturated carbocycles. The minimum atomic E-state index is 0.896. The molecule has 2 aromatic rings. The number of rotatable bonds is 1. The van der Waals surface area contributed by atoms with E-state index in [1.807, 2.05) is 0 Å². The first-order chi connectivity index (χ1) is 10.3.